The highest BCUT2D eigenvalue weighted by atomic mass is 28.1. The topological polar surface area (TPSA) is 9.23 Å². The summed E-state index contributed by atoms with van der Waals surface area (Å²) in [5.74, 6) is 0. The molecule has 162 valence electrons. The van der Waals surface area contributed by atoms with Gasteiger partial charge in [0.1, 0.15) is 0 Å². The normalized spacial score (nSPS) is 12.0. The van der Waals surface area contributed by atoms with Crippen molar-refractivity contribution in [3.8, 4) is 0 Å². The van der Waals surface area contributed by atoms with Crippen molar-refractivity contribution in [3.63, 3.8) is 0 Å². The first-order valence-electron chi connectivity index (χ1n) is 11.5. The van der Waals surface area contributed by atoms with Gasteiger partial charge in [-0.25, -0.2) is 8.78 Å². The van der Waals surface area contributed by atoms with Gasteiger partial charge >= 0.3 is 0 Å². The van der Waals surface area contributed by atoms with E-state index in [9.17, 15) is 8.78 Å². The van der Waals surface area contributed by atoms with E-state index in [1.54, 1.807) is 0 Å². The quantitative estimate of drug-likeness (QED) is 0.112. The van der Waals surface area contributed by atoms with Crippen LogP contribution in [0.5, 0.6) is 0 Å². The van der Waals surface area contributed by atoms with Gasteiger partial charge in [-0.2, -0.15) is 0 Å². The van der Waals surface area contributed by atoms with Crippen molar-refractivity contribution in [2.45, 2.75) is 122 Å². The van der Waals surface area contributed by atoms with Crippen LogP contribution in [0.15, 0.2) is 12.2 Å². The maximum Gasteiger partial charge on any atom is 0.219 e. The van der Waals surface area contributed by atoms with Gasteiger partial charge in [0, 0.05) is 13.0 Å². The van der Waals surface area contributed by atoms with Crippen LogP contribution < -0.4 is 0 Å². The standard InChI is InChI=1S/C23H46F2OSi/c1-22(2)21-26-20-18-16-14-12-10-8-6-4-3-5-7-9-11-13-15-17-19-23(24,25)27/h1,3-21H2,2,27H3. The van der Waals surface area contributed by atoms with Crippen molar-refractivity contribution >= 4 is 10.2 Å². The zero-order valence-electron chi connectivity index (χ0n) is 18.3. The Morgan fingerprint density at radius 1 is 0.704 bits per heavy atom. The summed E-state index contributed by atoms with van der Waals surface area (Å²) in [7, 11) is 0.00817. The Morgan fingerprint density at radius 2 is 1.04 bits per heavy atom. The summed E-state index contributed by atoms with van der Waals surface area (Å²) in [5.41, 5.74) is -1.23. The molecule has 0 amide bonds. The zero-order chi connectivity index (χ0) is 20.2. The molecular formula is C23H46F2OSi. The third-order valence-electron chi connectivity index (χ3n) is 5.00. The van der Waals surface area contributed by atoms with Crippen LogP contribution in [-0.4, -0.2) is 29.0 Å². The molecule has 0 bridgehead atoms. The minimum absolute atomic E-state index is 0.00817. The second-order valence-corrected chi connectivity index (χ2v) is 9.95. The molecule has 0 N–H and O–H groups in total. The van der Waals surface area contributed by atoms with Crippen LogP contribution >= 0.6 is 0 Å². The number of alkyl halides is 2. The first kappa shape index (κ1) is 26.8. The van der Waals surface area contributed by atoms with Gasteiger partial charge in [-0.15, -0.1) is 0 Å². The van der Waals surface area contributed by atoms with E-state index in [-0.39, 0.29) is 16.7 Å². The van der Waals surface area contributed by atoms with Crippen molar-refractivity contribution in [2.75, 3.05) is 13.2 Å². The lowest BCUT2D eigenvalue weighted by Gasteiger charge is -2.09. The molecule has 0 fully saturated rings. The Balaban J connectivity index is 3.04. The average Bonchev–Trinajstić information content (AvgIpc) is 2.58. The molecule has 0 aliphatic rings. The van der Waals surface area contributed by atoms with E-state index in [0.717, 1.165) is 25.0 Å². The van der Waals surface area contributed by atoms with Crippen LogP contribution in [0, 0.1) is 0 Å². The van der Waals surface area contributed by atoms with Gasteiger partial charge in [-0.3, -0.25) is 0 Å². The number of unbranched alkanes of at least 4 members (excludes halogenated alkanes) is 15. The fourth-order valence-electron chi connectivity index (χ4n) is 3.36. The van der Waals surface area contributed by atoms with Crippen LogP contribution in [-0.2, 0) is 4.74 Å². The highest BCUT2D eigenvalue weighted by Crippen LogP contribution is 2.18. The Morgan fingerprint density at radius 3 is 1.37 bits per heavy atom. The third kappa shape index (κ3) is 25.8. The molecule has 0 aromatic rings. The van der Waals surface area contributed by atoms with Gasteiger partial charge in [0.2, 0.25) is 5.55 Å². The molecule has 0 saturated heterocycles. The summed E-state index contributed by atoms with van der Waals surface area (Å²) in [6.45, 7) is 7.43. The molecule has 0 rings (SSSR count). The Labute approximate surface area is 171 Å². The summed E-state index contributed by atoms with van der Waals surface area (Å²) in [6, 6.07) is 0. The number of hydrogen-bond donors (Lipinski definition) is 0. The van der Waals surface area contributed by atoms with Gasteiger partial charge in [-0.05, 0) is 19.8 Å². The van der Waals surface area contributed by atoms with Crippen LogP contribution in [0.25, 0.3) is 0 Å². The maximum absolute atomic E-state index is 12.7. The van der Waals surface area contributed by atoms with Crippen LogP contribution in [0.4, 0.5) is 8.78 Å². The number of halogens is 2. The number of hydrogen-bond acceptors (Lipinski definition) is 1. The molecule has 0 heterocycles. The Kier molecular flexibility index (Phi) is 19.0. The van der Waals surface area contributed by atoms with Crippen molar-refractivity contribution in [2.24, 2.45) is 0 Å². The second kappa shape index (κ2) is 19.1. The van der Waals surface area contributed by atoms with E-state index in [1.807, 2.05) is 6.92 Å². The molecule has 1 nitrogen and oxygen atoms in total. The zero-order valence-corrected chi connectivity index (χ0v) is 20.3. The fourth-order valence-corrected chi connectivity index (χ4v) is 3.71. The van der Waals surface area contributed by atoms with Crippen LogP contribution in [0.2, 0.25) is 0 Å². The summed E-state index contributed by atoms with van der Waals surface area (Å²) >= 11 is 0. The Hall–Kier alpha value is -0.223. The fraction of sp³-hybridized carbons (Fsp3) is 0.913. The predicted molar refractivity (Wildman–Crippen MR) is 119 cm³/mol. The molecule has 0 radical (unpaired) electrons. The van der Waals surface area contributed by atoms with E-state index in [2.05, 4.69) is 6.58 Å². The molecule has 0 aromatic heterocycles. The molecule has 0 spiro atoms. The van der Waals surface area contributed by atoms with Crippen molar-refractivity contribution in [1.29, 1.82) is 0 Å². The van der Waals surface area contributed by atoms with Gasteiger partial charge in [-0.1, -0.05) is 102 Å². The van der Waals surface area contributed by atoms with Crippen molar-refractivity contribution in [3.05, 3.63) is 12.2 Å². The van der Waals surface area contributed by atoms with Gasteiger partial charge in [0.25, 0.3) is 0 Å². The first-order valence-corrected chi connectivity index (χ1v) is 12.5. The predicted octanol–water partition coefficient (Wildman–Crippen LogP) is 7.17. The minimum Gasteiger partial charge on any atom is -0.377 e. The number of rotatable bonds is 21. The van der Waals surface area contributed by atoms with E-state index < -0.39 is 5.55 Å². The van der Waals surface area contributed by atoms with Gasteiger partial charge < -0.3 is 4.74 Å². The maximum atomic E-state index is 12.7. The highest BCUT2D eigenvalue weighted by Gasteiger charge is 2.18. The lowest BCUT2D eigenvalue weighted by molar-refractivity contribution is 0.0819. The monoisotopic (exact) mass is 404 g/mol. The summed E-state index contributed by atoms with van der Waals surface area (Å²) < 4.78 is 30.9. The third-order valence-corrected chi connectivity index (χ3v) is 5.50. The summed E-state index contributed by atoms with van der Waals surface area (Å²) in [6.07, 6.45) is 20.2. The van der Waals surface area contributed by atoms with E-state index >= 15 is 0 Å². The second-order valence-electron chi connectivity index (χ2n) is 8.49. The largest absolute Gasteiger partial charge is 0.377 e. The van der Waals surface area contributed by atoms with E-state index in [4.69, 9.17) is 4.74 Å². The number of ether oxygens (including phenoxy) is 1. The SMILES string of the molecule is C=C(C)COCCCCCCCCCCCCCCCCCCC(F)(F)[SiH3]. The molecule has 0 aromatic carbocycles. The van der Waals surface area contributed by atoms with Crippen molar-refractivity contribution < 1.29 is 13.5 Å². The molecule has 0 aliphatic heterocycles. The van der Waals surface area contributed by atoms with Crippen LogP contribution in [0.1, 0.15) is 116 Å². The average molecular weight is 405 g/mol. The molecule has 0 saturated carbocycles. The van der Waals surface area contributed by atoms with Crippen molar-refractivity contribution in [1.82, 2.24) is 0 Å². The first-order chi connectivity index (χ1) is 12.9. The molecular weight excluding hydrogens is 358 g/mol. The van der Waals surface area contributed by atoms with Crippen LogP contribution in [0.3, 0.4) is 0 Å². The molecule has 0 atom stereocenters. The van der Waals surface area contributed by atoms with E-state index in [0.29, 0.717) is 13.0 Å². The smallest absolute Gasteiger partial charge is 0.219 e. The van der Waals surface area contributed by atoms with Gasteiger partial charge in [0.05, 0.1) is 16.8 Å². The molecule has 4 heteroatoms. The lowest BCUT2D eigenvalue weighted by Crippen LogP contribution is -2.14. The lowest BCUT2D eigenvalue weighted by atomic mass is 10.0. The minimum atomic E-state index is -2.33. The molecule has 0 aliphatic carbocycles. The Bertz CT molecular complexity index is 329. The van der Waals surface area contributed by atoms with E-state index in [1.165, 1.54) is 83.5 Å². The van der Waals surface area contributed by atoms with Gasteiger partial charge in [0.15, 0.2) is 0 Å². The highest BCUT2D eigenvalue weighted by molar-refractivity contribution is 6.13. The summed E-state index contributed by atoms with van der Waals surface area (Å²) in [4.78, 5) is 0. The molecule has 0 unspecified atom stereocenters. The summed E-state index contributed by atoms with van der Waals surface area (Å²) in [5, 5.41) is 0. The molecule has 27 heavy (non-hydrogen) atoms.